The Bertz CT molecular complexity index is 921. The van der Waals surface area contributed by atoms with E-state index >= 15 is 0 Å². The summed E-state index contributed by atoms with van der Waals surface area (Å²) in [7, 11) is 0. The second-order valence-corrected chi connectivity index (χ2v) is 5.33. The molecule has 0 bridgehead atoms. The summed E-state index contributed by atoms with van der Waals surface area (Å²) in [6, 6.07) is 11.0. The van der Waals surface area contributed by atoms with Gasteiger partial charge in [0, 0.05) is 11.6 Å². The third kappa shape index (κ3) is 3.83. The molecule has 8 heteroatoms. The van der Waals surface area contributed by atoms with Crippen LogP contribution in [0.1, 0.15) is 16.2 Å². The SMILES string of the molecule is O=Cc1ccc(-c2ccc(Oc3cccc(C(F)(F)F)n3)c(Cl)c2)o1. The molecular formula is C17H9ClF3NO3. The van der Waals surface area contributed by atoms with Crippen molar-refractivity contribution in [2.45, 2.75) is 6.18 Å². The highest BCUT2D eigenvalue weighted by Gasteiger charge is 2.32. The molecule has 1 aromatic carbocycles. The standard InChI is InChI=1S/C17H9ClF3NO3/c18-12-8-10(13-7-5-11(9-23)24-13)4-6-14(12)25-16-3-1-2-15(22-16)17(19,20)21/h1-9H. The minimum absolute atomic E-state index is 0.138. The lowest BCUT2D eigenvalue weighted by Crippen LogP contribution is -2.07. The first-order chi connectivity index (χ1) is 11.9. The Labute approximate surface area is 144 Å². The zero-order valence-corrected chi connectivity index (χ0v) is 13.1. The van der Waals surface area contributed by atoms with Gasteiger partial charge in [-0.3, -0.25) is 4.79 Å². The quantitative estimate of drug-likeness (QED) is 0.562. The van der Waals surface area contributed by atoms with E-state index in [1.165, 1.54) is 30.3 Å². The number of benzene rings is 1. The highest BCUT2D eigenvalue weighted by Crippen LogP contribution is 2.34. The predicted octanol–water partition coefficient (Wildman–Crippen LogP) is 5.62. The number of aldehydes is 1. The minimum atomic E-state index is -4.57. The molecule has 2 aromatic heterocycles. The van der Waals surface area contributed by atoms with E-state index in [-0.39, 0.29) is 22.4 Å². The van der Waals surface area contributed by atoms with Gasteiger partial charge in [0.2, 0.25) is 5.88 Å². The number of alkyl halides is 3. The summed E-state index contributed by atoms with van der Waals surface area (Å²) in [6.45, 7) is 0. The number of aromatic nitrogens is 1. The molecule has 128 valence electrons. The molecule has 0 fully saturated rings. The summed E-state index contributed by atoms with van der Waals surface area (Å²) in [6.07, 6.45) is -4.00. The molecule has 0 saturated carbocycles. The van der Waals surface area contributed by atoms with E-state index in [0.29, 0.717) is 17.6 Å². The fraction of sp³-hybridized carbons (Fsp3) is 0.0588. The fourth-order valence-electron chi connectivity index (χ4n) is 2.05. The molecule has 2 heterocycles. The van der Waals surface area contributed by atoms with Crippen LogP contribution in [-0.2, 0) is 6.18 Å². The van der Waals surface area contributed by atoms with E-state index in [4.69, 9.17) is 20.8 Å². The largest absolute Gasteiger partial charge is 0.453 e. The average Bonchev–Trinajstić information content (AvgIpc) is 3.05. The number of hydrogen-bond donors (Lipinski definition) is 0. The molecule has 0 atom stereocenters. The van der Waals surface area contributed by atoms with Crippen LogP contribution in [0.3, 0.4) is 0 Å². The Morgan fingerprint density at radius 1 is 1.12 bits per heavy atom. The molecule has 0 spiro atoms. The summed E-state index contributed by atoms with van der Waals surface area (Å²) in [5.74, 6) is 0.498. The van der Waals surface area contributed by atoms with Gasteiger partial charge < -0.3 is 9.15 Å². The van der Waals surface area contributed by atoms with Crippen molar-refractivity contribution in [1.29, 1.82) is 0 Å². The second-order valence-electron chi connectivity index (χ2n) is 4.93. The average molecular weight is 368 g/mol. The number of carbonyl (C=O) groups is 1. The molecule has 25 heavy (non-hydrogen) atoms. The van der Waals surface area contributed by atoms with Crippen LogP contribution >= 0.6 is 11.6 Å². The summed E-state index contributed by atoms with van der Waals surface area (Å²) in [5, 5.41) is 0.153. The summed E-state index contributed by atoms with van der Waals surface area (Å²) in [4.78, 5) is 14.1. The van der Waals surface area contributed by atoms with E-state index in [9.17, 15) is 18.0 Å². The molecule has 4 nitrogen and oxygen atoms in total. The Kier molecular flexibility index (Phi) is 4.50. The monoisotopic (exact) mass is 367 g/mol. The molecule has 0 aliphatic carbocycles. The van der Waals surface area contributed by atoms with Crippen molar-refractivity contribution in [2.75, 3.05) is 0 Å². The van der Waals surface area contributed by atoms with Crippen LogP contribution in [0.5, 0.6) is 11.6 Å². The van der Waals surface area contributed by atoms with Gasteiger partial charge in [-0.05, 0) is 36.4 Å². The zero-order valence-electron chi connectivity index (χ0n) is 12.4. The third-order valence-electron chi connectivity index (χ3n) is 3.19. The number of pyridine rings is 1. The number of nitrogens with zero attached hydrogens (tertiary/aromatic N) is 1. The van der Waals surface area contributed by atoms with E-state index < -0.39 is 11.9 Å². The highest BCUT2D eigenvalue weighted by atomic mass is 35.5. The van der Waals surface area contributed by atoms with Gasteiger partial charge in [-0.1, -0.05) is 17.7 Å². The lowest BCUT2D eigenvalue weighted by molar-refractivity contribution is -0.141. The molecular weight excluding hydrogens is 359 g/mol. The normalized spacial score (nSPS) is 11.4. The Morgan fingerprint density at radius 2 is 1.92 bits per heavy atom. The van der Waals surface area contributed by atoms with Gasteiger partial charge in [0.1, 0.15) is 17.2 Å². The summed E-state index contributed by atoms with van der Waals surface area (Å²) < 4.78 is 48.6. The Hall–Kier alpha value is -2.80. The van der Waals surface area contributed by atoms with Crippen LogP contribution in [0.25, 0.3) is 11.3 Å². The maximum absolute atomic E-state index is 12.7. The van der Waals surface area contributed by atoms with Gasteiger partial charge in [0.15, 0.2) is 12.0 Å². The number of rotatable bonds is 4. The first-order valence-electron chi connectivity index (χ1n) is 6.94. The first kappa shape index (κ1) is 17.0. The number of halogens is 4. The van der Waals surface area contributed by atoms with E-state index in [1.54, 1.807) is 12.1 Å². The smallest absolute Gasteiger partial charge is 0.433 e. The van der Waals surface area contributed by atoms with Gasteiger partial charge in [0.25, 0.3) is 0 Å². The number of ether oxygens (including phenoxy) is 1. The topological polar surface area (TPSA) is 52.3 Å². The van der Waals surface area contributed by atoms with Gasteiger partial charge in [-0.25, -0.2) is 4.98 Å². The van der Waals surface area contributed by atoms with Crippen molar-refractivity contribution in [3.63, 3.8) is 0 Å². The number of carbonyl (C=O) groups excluding carboxylic acids is 1. The zero-order chi connectivity index (χ0) is 18.0. The third-order valence-corrected chi connectivity index (χ3v) is 3.48. The van der Waals surface area contributed by atoms with Crippen LogP contribution < -0.4 is 4.74 Å². The molecule has 0 N–H and O–H groups in total. The van der Waals surface area contributed by atoms with Crippen molar-refractivity contribution >= 4 is 17.9 Å². The first-order valence-corrected chi connectivity index (χ1v) is 7.31. The van der Waals surface area contributed by atoms with Gasteiger partial charge in [0.05, 0.1) is 5.02 Å². The maximum atomic E-state index is 12.7. The van der Waals surface area contributed by atoms with Crippen LogP contribution in [0, 0.1) is 0 Å². The predicted molar refractivity (Wildman–Crippen MR) is 83.9 cm³/mol. The Morgan fingerprint density at radius 3 is 2.56 bits per heavy atom. The summed E-state index contributed by atoms with van der Waals surface area (Å²) in [5.41, 5.74) is -0.475. The van der Waals surface area contributed by atoms with Crippen LogP contribution in [-0.4, -0.2) is 11.3 Å². The summed E-state index contributed by atoms with van der Waals surface area (Å²) >= 11 is 6.11. The molecule has 0 amide bonds. The van der Waals surface area contributed by atoms with E-state index in [2.05, 4.69) is 4.98 Å². The minimum Gasteiger partial charge on any atom is -0.453 e. The van der Waals surface area contributed by atoms with Crippen molar-refractivity contribution in [2.24, 2.45) is 0 Å². The van der Waals surface area contributed by atoms with Gasteiger partial charge in [-0.2, -0.15) is 13.2 Å². The molecule has 0 aliphatic heterocycles. The highest BCUT2D eigenvalue weighted by molar-refractivity contribution is 6.32. The maximum Gasteiger partial charge on any atom is 0.433 e. The molecule has 3 aromatic rings. The lowest BCUT2D eigenvalue weighted by atomic mass is 10.1. The van der Waals surface area contributed by atoms with Crippen molar-refractivity contribution in [3.8, 4) is 23.0 Å². The molecule has 3 rings (SSSR count). The molecule has 0 saturated heterocycles. The lowest BCUT2D eigenvalue weighted by Gasteiger charge is -2.10. The number of hydrogen-bond acceptors (Lipinski definition) is 4. The van der Waals surface area contributed by atoms with Crippen LogP contribution in [0.15, 0.2) is 52.9 Å². The van der Waals surface area contributed by atoms with Crippen molar-refractivity contribution in [3.05, 3.63) is 65.0 Å². The van der Waals surface area contributed by atoms with Crippen LogP contribution in [0.2, 0.25) is 5.02 Å². The van der Waals surface area contributed by atoms with Gasteiger partial charge in [-0.15, -0.1) is 0 Å². The van der Waals surface area contributed by atoms with Crippen molar-refractivity contribution < 1.29 is 27.1 Å². The second kappa shape index (κ2) is 6.60. The Balaban J connectivity index is 1.85. The number of furan rings is 1. The molecule has 0 radical (unpaired) electrons. The van der Waals surface area contributed by atoms with Crippen LogP contribution in [0.4, 0.5) is 13.2 Å². The molecule has 0 aliphatic rings. The van der Waals surface area contributed by atoms with E-state index in [0.717, 1.165) is 6.07 Å². The molecule has 0 unspecified atom stereocenters. The van der Waals surface area contributed by atoms with Gasteiger partial charge >= 0.3 is 6.18 Å². The van der Waals surface area contributed by atoms with E-state index in [1.807, 2.05) is 0 Å². The fourth-order valence-corrected chi connectivity index (χ4v) is 2.27. The van der Waals surface area contributed by atoms with Crippen molar-refractivity contribution in [1.82, 2.24) is 4.98 Å².